The van der Waals surface area contributed by atoms with Crippen LogP contribution >= 0.6 is 11.3 Å². The Morgan fingerprint density at radius 1 is 1.33 bits per heavy atom. The van der Waals surface area contributed by atoms with Gasteiger partial charge in [-0.05, 0) is 31.9 Å². The summed E-state index contributed by atoms with van der Waals surface area (Å²) in [5, 5.41) is 3.64. The van der Waals surface area contributed by atoms with Crippen molar-refractivity contribution in [2.24, 2.45) is 5.73 Å². The van der Waals surface area contributed by atoms with Gasteiger partial charge in [-0.15, -0.1) is 11.3 Å². The number of hydrogen-bond donors (Lipinski definition) is 3. The minimum atomic E-state index is -3.47. The normalized spacial score (nSPS) is 14.5. The standard InChI is InChI=1S/C20H21FN6O4S2/c1-2-31-17-9-23-8-15(24-17)11-3-6-14(13(21)7-11)25-19(28)18(22)16-10-32-20(26-16)27-33(29,30)12-4-5-12/h3,6-10,12,18H,2,4-5,22H2,1H3,(H,25,28)(H,26,27). The zero-order valence-electron chi connectivity index (χ0n) is 17.5. The lowest BCUT2D eigenvalue weighted by Gasteiger charge is -2.12. The molecule has 2 aromatic heterocycles. The Labute approximate surface area is 193 Å². The zero-order chi connectivity index (χ0) is 23.6. The van der Waals surface area contributed by atoms with E-state index in [9.17, 15) is 17.6 Å². The molecule has 0 spiro atoms. The molecule has 33 heavy (non-hydrogen) atoms. The van der Waals surface area contributed by atoms with E-state index in [4.69, 9.17) is 10.5 Å². The minimum Gasteiger partial charge on any atom is -0.477 e. The fraction of sp³-hybridized carbons (Fsp3) is 0.300. The average Bonchev–Trinajstić information content (AvgIpc) is 3.56. The lowest BCUT2D eigenvalue weighted by atomic mass is 10.1. The summed E-state index contributed by atoms with van der Waals surface area (Å²) in [5.41, 5.74) is 6.92. The molecule has 13 heteroatoms. The first-order chi connectivity index (χ1) is 15.8. The number of nitrogens with one attached hydrogen (secondary N) is 2. The highest BCUT2D eigenvalue weighted by Gasteiger charge is 2.36. The number of ether oxygens (including phenoxy) is 1. The van der Waals surface area contributed by atoms with Crippen molar-refractivity contribution in [2.75, 3.05) is 16.6 Å². The van der Waals surface area contributed by atoms with Crippen LogP contribution in [0.5, 0.6) is 5.88 Å². The van der Waals surface area contributed by atoms with Gasteiger partial charge in [0, 0.05) is 10.9 Å². The van der Waals surface area contributed by atoms with Crippen molar-refractivity contribution in [3.8, 4) is 17.1 Å². The van der Waals surface area contributed by atoms with Crippen LogP contribution in [0.2, 0.25) is 0 Å². The van der Waals surface area contributed by atoms with Gasteiger partial charge in [-0.1, -0.05) is 6.07 Å². The Hall–Kier alpha value is -3.16. The molecule has 0 saturated heterocycles. The van der Waals surface area contributed by atoms with Crippen LogP contribution in [0.15, 0.2) is 36.0 Å². The molecule has 1 unspecified atom stereocenters. The SMILES string of the molecule is CCOc1cncc(-c2ccc(NC(=O)C(N)c3csc(NS(=O)(=O)C4CC4)n3)c(F)c2)n1. The van der Waals surface area contributed by atoms with Crippen LogP contribution in [0.4, 0.5) is 15.2 Å². The van der Waals surface area contributed by atoms with Crippen LogP contribution < -0.4 is 20.5 Å². The number of hydrogen-bond acceptors (Lipinski definition) is 9. The van der Waals surface area contributed by atoms with Crippen LogP contribution in [-0.4, -0.2) is 41.1 Å². The second-order valence-electron chi connectivity index (χ2n) is 7.26. The maximum atomic E-state index is 14.7. The third kappa shape index (κ3) is 5.43. The Kier molecular flexibility index (Phi) is 6.54. The van der Waals surface area contributed by atoms with Crippen molar-refractivity contribution in [1.29, 1.82) is 0 Å². The predicted octanol–water partition coefficient (Wildman–Crippen LogP) is 2.68. The van der Waals surface area contributed by atoms with Gasteiger partial charge < -0.3 is 15.8 Å². The first kappa shape index (κ1) is 23.0. The highest BCUT2D eigenvalue weighted by molar-refractivity contribution is 7.93. The molecule has 3 aromatic rings. The lowest BCUT2D eigenvalue weighted by molar-refractivity contribution is -0.117. The summed E-state index contributed by atoms with van der Waals surface area (Å²) in [4.78, 5) is 24.9. The van der Waals surface area contributed by atoms with E-state index in [1.54, 1.807) is 6.07 Å². The van der Waals surface area contributed by atoms with Gasteiger partial charge in [-0.25, -0.2) is 22.8 Å². The molecular formula is C20H21FN6O4S2. The number of benzene rings is 1. The number of nitrogens with two attached hydrogens (primary N) is 1. The number of thiazole rings is 1. The number of anilines is 2. The molecule has 0 aliphatic heterocycles. The molecule has 4 rings (SSSR count). The van der Waals surface area contributed by atoms with Gasteiger partial charge in [0.2, 0.25) is 21.8 Å². The van der Waals surface area contributed by atoms with Crippen molar-refractivity contribution >= 4 is 38.1 Å². The fourth-order valence-corrected chi connectivity index (χ4v) is 5.23. The molecule has 1 fully saturated rings. The summed E-state index contributed by atoms with van der Waals surface area (Å²) in [6, 6.07) is 2.97. The van der Waals surface area contributed by atoms with Crippen molar-refractivity contribution in [2.45, 2.75) is 31.1 Å². The Balaban J connectivity index is 1.43. The number of halogens is 1. The predicted molar refractivity (Wildman–Crippen MR) is 122 cm³/mol. The van der Waals surface area contributed by atoms with Crippen LogP contribution in [0.25, 0.3) is 11.3 Å². The summed E-state index contributed by atoms with van der Waals surface area (Å²) < 4.78 is 46.4. The first-order valence-electron chi connectivity index (χ1n) is 10.0. The third-order valence-electron chi connectivity index (χ3n) is 4.74. The molecule has 0 radical (unpaired) electrons. The smallest absolute Gasteiger partial charge is 0.247 e. The maximum absolute atomic E-state index is 14.7. The lowest BCUT2D eigenvalue weighted by Crippen LogP contribution is -2.28. The van der Waals surface area contributed by atoms with Crippen LogP contribution in [0.1, 0.15) is 31.5 Å². The van der Waals surface area contributed by atoms with Crippen molar-refractivity contribution in [1.82, 2.24) is 15.0 Å². The van der Waals surface area contributed by atoms with Gasteiger partial charge in [0.25, 0.3) is 0 Å². The minimum absolute atomic E-state index is 0.0713. The van der Waals surface area contributed by atoms with Gasteiger partial charge >= 0.3 is 0 Å². The van der Waals surface area contributed by atoms with Crippen molar-refractivity contribution < 1.29 is 22.3 Å². The summed E-state index contributed by atoms with van der Waals surface area (Å²) in [6.45, 7) is 2.24. The molecule has 174 valence electrons. The summed E-state index contributed by atoms with van der Waals surface area (Å²) in [6.07, 6.45) is 4.16. The zero-order valence-corrected chi connectivity index (χ0v) is 19.1. The van der Waals surface area contributed by atoms with Gasteiger partial charge in [0.15, 0.2) is 5.13 Å². The van der Waals surface area contributed by atoms with Gasteiger partial charge in [0.1, 0.15) is 11.9 Å². The Morgan fingerprint density at radius 3 is 2.82 bits per heavy atom. The molecular weight excluding hydrogens is 471 g/mol. The number of carbonyl (C=O) groups is 1. The number of carbonyl (C=O) groups excluding carboxylic acids is 1. The van der Waals surface area contributed by atoms with Crippen LogP contribution in [0, 0.1) is 5.82 Å². The molecule has 1 atom stereocenters. The van der Waals surface area contributed by atoms with Gasteiger partial charge in [0.05, 0.1) is 41.3 Å². The Morgan fingerprint density at radius 2 is 2.12 bits per heavy atom. The molecule has 0 bridgehead atoms. The van der Waals surface area contributed by atoms with Crippen molar-refractivity contribution in [3.63, 3.8) is 0 Å². The number of aromatic nitrogens is 3. The molecule has 4 N–H and O–H groups in total. The van der Waals surface area contributed by atoms with E-state index < -0.39 is 33.0 Å². The summed E-state index contributed by atoms with van der Waals surface area (Å²) >= 11 is 1.02. The largest absolute Gasteiger partial charge is 0.477 e. The highest BCUT2D eigenvalue weighted by Crippen LogP contribution is 2.31. The van der Waals surface area contributed by atoms with E-state index >= 15 is 0 Å². The fourth-order valence-electron chi connectivity index (χ4n) is 2.88. The van der Waals surface area contributed by atoms with Crippen LogP contribution in [0.3, 0.4) is 0 Å². The van der Waals surface area contributed by atoms with E-state index in [1.807, 2.05) is 6.92 Å². The van der Waals surface area contributed by atoms with Crippen molar-refractivity contribution in [3.05, 3.63) is 47.5 Å². The molecule has 2 heterocycles. The molecule has 1 amide bonds. The highest BCUT2D eigenvalue weighted by atomic mass is 32.2. The molecule has 1 aromatic carbocycles. The molecule has 1 saturated carbocycles. The maximum Gasteiger partial charge on any atom is 0.247 e. The molecule has 1 aliphatic carbocycles. The second-order valence-corrected chi connectivity index (χ2v) is 10.1. The summed E-state index contributed by atoms with van der Waals surface area (Å²) in [7, 11) is -3.47. The Bertz CT molecular complexity index is 1280. The number of amides is 1. The third-order valence-corrected chi connectivity index (χ3v) is 7.48. The topological polar surface area (TPSA) is 149 Å². The summed E-state index contributed by atoms with van der Waals surface area (Å²) in [5.74, 6) is -1.06. The van der Waals surface area contributed by atoms with E-state index in [2.05, 4.69) is 25.0 Å². The number of nitrogens with zero attached hydrogens (tertiary/aromatic N) is 3. The first-order valence-corrected chi connectivity index (χ1v) is 12.5. The second kappa shape index (κ2) is 9.37. The van der Waals surface area contributed by atoms with E-state index in [0.717, 1.165) is 11.3 Å². The number of sulfonamides is 1. The molecule has 10 nitrogen and oxygen atoms in total. The van der Waals surface area contributed by atoms with E-state index in [-0.39, 0.29) is 16.5 Å². The monoisotopic (exact) mass is 492 g/mol. The number of rotatable bonds is 9. The van der Waals surface area contributed by atoms with Gasteiger partial charge in [-0.3, -0.25) is 14.5 Å². The van der Waals surface area contributed by atoms with E-state index in [1.165, 1.54) is 29.9 Å². The quantitative estimate of drug-likeness (QED) is 0.413. The van der Waals surface area contributed by atoms with E-state index in [0.29, 0.717) is 36.6 Å². The molecule has 1 aliphatic rings. The average molecular weight is 493 g/mol. The van der Waals surface area contributed by atoms with Crippen LogP contribution in [-0.2, 0) is 14.8 Å². The van der Waals surface area contributed by atoms with Gasteiger partial charge in [-0.2, -0.15) is 0 Å².